The average molecular weight is 536 g/mol. The number of fused-ring (bicyclic) bond motifs is 1. The lowest BCUT2D eigenvalue weighted by atomic mass is 10.1. The standard InChI is InChI=1S/C27H24F3N7O2/c1-3-35-14-20(27(28,29)30)33-25(35)18-6-4-16(5-7-18)13-36-21-12-19(34-37(21)11-10-22(36)38)23-24(17-8-9-17)31-15-32-26(23)39-2/h4-7,10-12,14-15,17H,3,8-9,13H2,1-2H3. The van der Waals surface area contributed by atoms with Gasteiger partial charge in [0, 0.05) is 42.6 Å². The molecule has 12 heteroatoms. The van der Waals surface area contributed by atoms with E-state index < -0.39 is 11.9 Å². The van der Waals surface area contributed by atoms with E-state index in [9.17, 15) is 18.0 Å². The second kappa shape index (κ2) is 9.37. The summed E-state index contributed by atoms with van der Waals surface area (Å²) in [6.45, 7) is 2.35. The van der Waals surface area contributed by atoms with Crippen LogP contribution in [0.2, 0.25) is 0 Å². The number of alkyl halides is 3. The number of aryl methyl sites for hydroxylation is 1. The Bertz CT molecular complexity index is 1730. The molecule has 200 valence electrons. The molecule has 9 nitrogen and oxygen atoms in total. The van der Waals surface area contributed by atoms with Crippen molar-refractivity contribution in [3.8, 4) is 28.5 Å². The highest BCUT2D eigenvalue weighted by molar-refractivity contribution is 5.72. The van der Waals surface area contributed by atoms with E-state index in [4.69, 9.17) is 9.84 Å². The van der Waals surface area contributed by atoms with E-state index in [0.717, 1.165) is 35.9 Å². The normalized spacial score (nSPS) is 13.8. The molecule has 1 aliphatic carbocycles. The number of nitrogens with zero attached hydrogens (tertiary/aromatic N) is 7. The molecular formula is C27H24F3N7O2. The second-order valence-electron chi connectivity index (χ2n) is 9.42. The van der Waals surface area contributed by atoms with E-state index >= 15 is 0 Å². The van der Waals surface area contributed by atoms with Crippen molar-refractivity contribution >= 4 is 5.65 Å². The third-order valence-corrected chi connectivity index (χ3v) is 6.83. The van der Waals surface area contributed by atoms with Gasteiger partial charge in [0.1, 0.15) is 23.5 Å². The van der Waals surface area contributed by atoms with Crippen molar-refractivity contribution in [3.63, 3.8) is 0 Å². The summed E-state index contributed by atoms with van der Waals surface area (Å²) in [7, 11) is 1.55. The molecule has 0 bridgehead atoms. The van der Waals surface area contributed by atoms with E-state index in [1.54, 1.807) is 53.6 Å². The van der Waals surface area contributed by atoms with E-state index in [1.807, 2.05) is 6.07 Å². The molecule has 5 aromatic rings. The lowest BCUT2D eigenvalue weighted by Crippen LogP contribution is -2.21. The maximum Gasteiger partial charge on any atom is 0.434 e. The van der Waals surface area contributed by atoms with Crippen molar-refractivity contribution in [3.05, 3.63) is 82.4 Å². The van der Waals surface area contributed by atoms with Gasteiger partial charge in [-0.1, -0.05) is 24.3 Å². The SMILES string of the molecule is CCn1cc(C(F)(F)F)nc1-c1ccc(Cn2c(=O)ccn3nc(-c4c(OC)ncnc4C4CC4)cc23)cc1. The number of methoxy groups -OCH3 is 1. The first kappa shape index (κ1) is 24.8. The first-order valence-electron chi connectivity index (χ1n) is 12.5. The lowest BCUT2D eigenvalue weighted by Gasteiger charge is -2.09. The third-order valence-electron chi connectivity index (χ3n) is 6.83. The number of benzene rings is 1. The second-order valence-corrected chi connectivity index (χ2v) is 9.42. The summed E-state index contributed by atoms with van der Waals surface area (Å²) in [5, 5.41) is 4.69. The lowest BCUT2D eigenvalue weighted by molar-refractivity contribution is -0.140. The molecule has 1 fully saturated rings. The van der Waals surface area contributed by atoms with Crippen molar-refractivity contribution in [2.24, 2.45) is 0 Å². The molecule has 1 aliphatic rings. The first-order chi connectivity index (χ1) is 18.8. The number of rotatable bonds is 7. The summed E-state index contributed by atoms with van der Waals surface area (Å²) >= 11 is 0. The molecule has 0 atom stereocenters. The number of hydrogen-bond donors (Lipinski definition) is 0. The van der Waals surface area contributed by atoms with Crippen LogP contribution in [-0.2, 0) is 19.3 Å². The van der Waals surface area contributed by atoms with Crippen molar-refractivity contribution < 1.29 is 17.9 Å². The topological polar surface area (TPSA) is 92.1 Å². The van der Waals surface area contributed by atoms with Crippen LogP contribution in [0, 0.1) is 0 Å². The number of aromatic nitrogens is 7. The van der Waals surface area contributed by atoms with Gasteiger partial charge in [-0.05, 0) is 25.3 Å². The fourth-order valence-corrected chi connectivity index (χ4v) is 4.72. The Morgan fingerprint density at radius 3 is 2.54 bits per heavy atom. The van der Waals surface area contributed by atoms with Gasteiger partial charge in [0.05, 0.1) is 24.9 Å². The summed E-state index contributed by atoms with van der Waals surface area (Å²) in [6, 6.07) is 10.2. The summed E-state index contributed by atoms with van der Waals surface area (Å²) in [5.41, 5.74) is 2.99. The van der Waals surface area contributed by atoms with Gasteiger partial charge in [-0.3, -0.25) is 9.36 Å². The minimum absolute atomic E-state index is 0.215. The molecule has 0 amide bonds. The number of imidazole rings is 1. The Morgan fingerprint density at radius 1 is 1.10 bits per heavy atom. The Morgan fingerprint density at radius 2 is 1.87 bits per heavy atom. The summed E-state index contributed by atoms with van der Waals surface area (Å²) in [4.78, 5) is 25.5. The highest BCUT2D eigenvalue weighted by atomic mass is 19.4. The predicted molar refractivity (Wildman–Crippen MR) is 136 cm³/mol. The highest BCUT2D eigenvalue weighted by Crippen LogP contribution is 2.45. The molecule has 4 aromatic heterocycles. The molecule has 39 heavy (non-hydrogen) atoms. The minimum Gasteiger partial charge on any atom is -0.480 e. The number of halogens is 3. The van der Waals surface area contributed by atoms with Crippen molar-refractivity contribution in [1.29, 1.82) is 0 Å². The van der Waals surface area contributed by atoms with Crippen LogP contribution >= 0.6 is 0 Å². The van der Waals surface area contributed by atoms with Crippen LogP contribution < -0.4 is 10.3 Å². The Kier molecular flexibility index (Phi) is 5.96. The molecule has 4 heterocycles. The van der Waals surface area contributed by atoms with Gasteiger partial charge in [-0.25, -0.2) is 19.5 Å². The van der Waals surface area contributed by atoms with Crippen LogP contribution in [0.1, 0.15) is 42.6 Å². The average Bonchev–Trinajstić information content (AvgIpc) is 3.53. The zero-order valence-corrected chi connectivity index (χ0v) is 21.2. The van der Waals surface area contributed by atoms with Crippen molar-refractivity contribution in [2.75, 3.05) is 7.11 Å². The van der Waals surface area contributed by atoms with Crippen molar-refractivity contribution in [1.82, 2.24) is 33.7 Å². The smallest absolute Gasteiger partial charge is 0.434 e. The molecule has 0 radical (unpaired) electrons. The highest BCUT2D eigenvalue weighted by Gasteiger charge is 2.35. The molecule has 0 N–H and O–H groups in total. The van der Waals surface area contributed by atoms with E-state index in [1.165, 1.54) is 17.0 Å². The van der Waals surface area contributed by atoms with Crippen LogP contribution in [0.4, 0.5) is 13.2 Å². The molecule has 1 aromatic carbocycles. The van der Waals surface area contributed by atoms with E-state index in [2.05, 4.69) is 15.0 Å². The van der Waals surface area contributed by atoms with Crippen LogP contribution in [0.5, 0.6) is 5.88 Å². The van der Waals surface area contributed by atoms with Gasteiger partial charge in [0.2, 0.25) is 5.88 Å². The predicted octanol–water partition coefficient (Wildman–Crippen LogP) is 4.79. The van der Waals surface area contributed by atoms with Crippen LogP contribution in [0.3, 0.4) is 0 Å². The van der Waals surface area contributed by atoms with Gasteiger partial charge in [-0.15, -0.1) is 0 Å². The Balaban J connectivity index is 1.35. The molecule has 0 aliphatic heterocycles. The molecule has 0 spiro atoms. The van der Waals surface area contributed by atoms with Crippen LogP contribution in [-0.4, -0.2) is 40.8 Å². The largest absolute Gasteiger partial charge is 0.480 e. The third kappa shape index (κ3) is 4.55. The summed E-state index contributed by atoms with van der Waals surface area (Å²) in [6.07, 6.45) is 1.67. The van der Waals surface area contributed by atoms with Crippen LogP contribution in [0.15, 0.2) is 59.9 Å². The molecular weight excluding hydrogens is 511 g/mol. The first-order valence-corrected chi connectivity index (χ1v) is 12.5. The van der Waals surface area contributed by atoms with E-state index in [0.29, 0.717) is 35.2 Å². The Hall–Kier alpha value is -4.48. The van der Waals surface area contributed by atoms with Crippen LogP contribution in [0.25, 0.3) is 28.3 Å². The summed E-state index contributed by atoms with van der Waals surface area (Å²) < 4.78 is 49.8. The maximum absolute atomic E-state index is 13.2. The summed E-state index contributed by atoms with van der Waals surface area (Å²) in [5.74, 6) is 0.999. The van der Waals surface area contributed by atoms with Gasteiger partial charge in [0.25, 0.3) is 5.56 Å². The molecule has 1 saturated carbocycles. The zero-order valence-electron chi connectivity index (χ0n) is 21.2. The monoisotopic (exact) mass is 535 g/mol. The van der Waals surface area contributed by atoms with Gasteiger partial charge in [0.15, 0.2) is 5.69 Å². The molecule has 6 rings (SSSR count). The van der Waals surface area contributed by atoms with E-state index in [-0.39, 0.29) is 17.9 Å². The quantitative estimate of drug-likeness (QED) is 0.298. The van der Waals surface area contributed by atoms with Gasteiger partial charge >= 0.3 is 6.18 Å². The van der Waals surface area contributed by atoms with Crippen molar-refractivity contribution in [2.45, 2.75) is 44.9 Å². The fraction of sp³-hybridized carbons (Fsp3) is 0.296. The fourth-order valence-electron chi connectivity index (χ4n) is 4.72. The number of hydrogen-bond acceptors (Lipinski definition) is 6. The maximum atomic E-state index is 13.2. The minimum atomic E-state index is -4.52. The Labute approximate surface area is 220 Å². The molecule has 0 unspecified atom stereocenters. The number of ether oxygens (including phenoxy) is 1. The van der Waals surface area contributed by atoms with Gasteiger partial charge < -0.3 is 9.30 Å². The zero-order chi connectivity index (χ0) is 27.3. The molecule has 0 saturated heterocycles. The van der Waals surface area contributed by atoms with Gasteiger partial charge in [-0.2, -0.15) is 18.3 Å².